The van der Waals surface area contributed by atoms with Crippen molar-refractivity contribution in [1.29, 1.82) is 0 Å². The third-order valence-electron chi connectivity index (χ3n) is 4.87. The predicted molar refractivity (Wildman–Crippen MR) is 113 cm³/mol. The number of carbonyl (C=O) groups excluding carboxylic acids is 2. The van der Waals surface area contributed by atoms with Gasteiger partial charge in [-0.3, -0.25) is 9.69 Å². The first kappa shape index (κ1) is 20.7. The molecule has 0 spiro atoms. The molecule has 0 unspecified atom stereocenters. The summed E-state index contributed by atoms with van der Waals surface area (Å²) in [6.07, 6.45) is 3.62. The largest absolute Gasteiger partial charge is 0.342 e. The Bertz CT molecular complexity index is 1140. The van der Waals surface area contributed by atoms with Crippen LogP contribution in [-0.4, -0.2) is 75.4 Å². The van der Waals surface area contributed by atoms with Crippen molar-refractivity contribution in [2.24, 2.45) is 0 Å². The number of piperazine rings is 1. The molecular weight excluding hydrogens is 427 g/mol. The molecule has 160 valence electrons. The van der Waals surface area contributed by atoms with Crippen LogP contribution >= 0.6 is 11.6 Å². The summed E-state index contributed by atoms with van der Waals surface area (Å²) in [4.78, 5) is 45.4. The Kier molecular flexibility index (Phi) is 5.76. The topological polar surface area (TPSA) is 107 Å². The van der Waals surface area contributed by atoms with E-state index in [2.05, 4.69) is 25.3 Å². The molecule has 1 aliphatic heterocycles. The second kappa shape index (κ2) is 8.64. The molecule has 1 N–H and O–H groups in total. The molecule has 3 amide bonds. The fourth-order valence-corrected chi connectivity index (χ4v) is 3.31. The molecule has 0 radical (unpaired) electrons. The van der Waals surface area contributed by atoms with Crippen molar-refractivity contribution in [3.8, 4) is 0 Å². The molecule has 1 aromatic carbocycles. The van der Waals surface area contributed by atoms with Crippen LogP contribution in [-0.2, 0) is 4.79 Å². The number of anilines is 3. The van der Waals surface area contributed by atoms with Gasteiger partial charge in [0.1, 0.15) is 23.2 Å². The van der Waals surface area contributed by atoms with Crippen LogP contribution in [0, 0.1) is 5.82 Å². The minimum absolute atomic E-state index is 0.0290. The van der Waals surface area contributed by atoms with Crippen LogP contribution in [0.2, 0.25) is 5.02 Å². The number of nitrogens with one attached hydrogen (secondary N) is 1. The van der Waals surface area contributed by atoms with E-state index in [9.17, 15) is 14.0 Å². The molecule has 3 heterocycles. The molecule has 2 aromatic heterocycles. The van der Waals surface area contributed by atoms with Gasteiger partial charge in [-0.2, -0.15) is 0 Å². The number of nitrogens with zero attached hydrogens (tertiary/aromatic N) is 7. The van der Waals surface area contributed by atoms with Crippen molar-refractivity contribution >= 4 is 52.5 Å². The highest BCUT2D eigenvalue weighted by atomic mass is 35.5. The number of fused-ring (bicyclic) bond motifs is 1. The van der Waals surface area contributed by atoms with E-state index in [0.717, 1.165) is 6.41 Å². The zero-order valence-corrected chi connectivity index (χ0v) is 17.3. The third-order valence-corrected chi connectivity index (χ3v) is 5.16. The lowest BCUT2D eigenvalue weighted by Crippen LogP contribution is -2.52. The Morgan fingerprint density at radius 1 is 1.23 bits per heavy atom. The number of halogens is 2. The first-order valence-corrected chi connectivity index (χ1v) is 9.76. The number of benzene rings is 1. The summed E-state index contributed by atoms with van der Waals surface area (Å²) < 4.78 is 13.4. The highest BCUT2D eigenvalue weighted by Gasteiger charge is 2.25. The highest BCUT2D eigenvalue weighted by molar-refractivity contribution is 6.31. The lowest BCUT2D eigenvalue weighted by Gasteiger charge is -2.34. The molecule has 3 aromatic rings. The summed E-state index contributed by atoms with van der Waals surface area (Å²) >= 11 is 5.85. The predicted octanol–water partition coefficient (Wildman–Crippen LogP) is 2.29. The van der Waals surface area contributed by atoms with Crippen LogP contribution in [0.4, 0.5) is 26.6 Å². The summed E-state index contributed by atoms with van der Waals surface area (Å²) in [6.45, 7) is 1.81. The van der Waals surface area contributed by atoms with Gasteiger partial charge in [-0.25, -0.2) is 29.1 Å². The van der Waals surface area contributed by atoms with Crippen molar-refractivity contribution in [2.45, 2.75) is 0 Å². The monoisotopic (exact) mass is 444 g/mol. The van der Waals surface area contributed by atoms with Crippen molar-refractivity contribution in [3.05, 3.63) is 41.6 Å². The van der Waals surface area contributed by atoms with Gasteiger partial charge in [-0.15, -0.1) is 0 Å². The SMILES string of the molecule is CN(C(=O)N1CCN(C=O)CC1)c1ncc2ncnc(Nc3ccc(F)c(Cl)c3)c2n1. The molecule has 10 nitrogen and oxygen atoms in total. The van der Waals surface area contributed by atoms with E-state index in [1.807, 2.05) is 0 Å². The number of amides is 3. The van der Waals surface area contributed by atoms with Crippen molar-refractivity contribution in [1.82, 2.24) is 29.7 Å². The van der Waals surface area contributed by atoms with E-state index in [0.29, 0.717) is 48.7 Å². The minimum Gasteiger partial charge on any atom is -0.342 e. The number of rotatable bonds is 4. The van der Waals surface area contributed by atoms with Crippen LogP contribution in [0.1, 0.15) is 0 Å². The molecule has 12 heteroatoms. The van der Waals surface area contributed by atoms with Gasteiger partial charge in [-0.1, -0.05) is 11.6 Å². The van der Waals surface area contributed by atoms with Gasteiger partial charge in [-0.05, 0) is 18.2 Å². The summed E-state index contributed by atoms with van der Waals surface area (Å²) in [5.74, 6) is 0.000521. The maximum atomic E-state index is 13.4. The minimum atomic E-state index is -0.529. The van der Waals surface area contributed by atoms with E-state index in [1.165, 1.54) is 35.6 Å². The Hall–Kier alpha value is -3.60. The second-order valence-corrected chi connectivity index (χ2v) is 7.26. The number of urea groups is 1. The maximum Gasteiger partial charge on any atom is 0.326 e. The lowest BCUT2D eigenvalue weighted by molar-refractivity contribution is -0.119. The molecule has 1 aliphatic rings. The molecule has 4 rings (SSSR count). The average Bonchev–Trinajstić information content (AvgIpc) is 2.80. The third kappa shape index (κ3) is 4.31. The Balaban J connectivity index is 1.59. The fraction of sp³-hybridized carbons (Fsp3) is 0.263. The van der Waals surface area contributed by atoms with Gasteiger partial charge in [0.15, 0.2) is 5.82 Å². The first-order chi connectivity index (χ1) is 15.0. The average molecular weight is 445 g/mol. The summed E-state index contributed by atoms with van der Waals surface area (Å²) in [5.41, 5.74) is 1.37. The Morgan fingerprint density at radius 3 is 2.71 bits per heavy atom. The molecule has 0 atom stereocenters. The zero-order chi connectivity index (χ0) is 22.0. The van der Waals surface area contributed by atoms with Crippen LogP contribution in [0.15, 0.2) is 30.7 Å². The molecule has 31 heavy (non-hydrogen) atoms. The van der Waals surface area contributed by atoms with E-state index < -0.39 is 5.82 Å². The number of aromatic nitrogens is 4. The van der Waals surface area contributed by atoms with Gasteiger partial charge in [0.25, 0.3) is 0 Å². The fourth-order valence-electron chi connectivity index (χ4n) is 3.12. The molecule has 1 fully saturated rings. The van der Waals surface area contributed by atoms with Gasteiger partial charge in [0.05, 0.1) is 11.2 Å². The van der Waals surface area contributed by atoms with Crippen molar-refractivity contribution in [3.63, 3.8) is 0 Å². The molecular formula is C19H18ClFN8O2. The summed E-state index contributed by atoms with van der Waals surface area (Å²) in [7, 11) is 1.58. The van der Waals surface area contributed by atoms with E-state index in [-0.39, 0.29) is 17.0 Å². The van der Waals surface area contributed by atoms with Crippen LogP contribution < -0.4 is 10.2 Å². The molecule has 0 bridgehead atoms. The number of hydrogen-bond donors (Lipinski definition) is 1. The first-order valence-electron chi connectivity index (χ1n) is 9.38. The van der Waals surface area contributed by atoms with Crippen LogP contribution in [0.5, 0.6) is 0 Å². The van der Waals surface area contributed by atoms with Crippen LogP contribution in [0.25, 0.3) is 11.0 Å². The standard InChI is InChI=1S/C19H18ClFN8O2/c1-27(19(31)29-6-4-28(11-30)5-7-29)18-22-9-15-16(26-18)17(24-10-23-15)25-12-2-3-14(21)13(20)8-12/h2-3,8-11H,4-7H2,1H3,(H,23,24,25). The summed E-state index contributed by atoms with van der Waals surface area (Å²) in [6, 6.07) is 3.92. The molecule has 0 saturated carbocycles. The lowest BCUT2D eigenvalue weighted by atomic mass is 10.3. The van der Waals surface area contributed by atoms with Gasteiger partial charge >= 0.3 is 6.03 Å². The van der Waals surface area contributed by atoms with Gasteiger partial charge < -0.3 is 15.1 Å². The maximum absolute atomic E-state index is 13.4. The van der Waals surface area contributed by atoms with E-state index in [1.54, 1.807) is 16.8 Å². The summed E-state index contributed by atoms with van der Waals surface area (Å²) in [5, 5.41) is 3.01. The van der Waals surface area contributed by atoms with Crippen molar-refractivity contribution in [2.75, 3.05) is 43.4 Å². The van der Waals surface area contributed by atoms with Crippen molar-refractivity contribution < 1.29 is 14.0 Å². The molecule has 1 saturated heterocycles. The number of carbonyl (C=O) groups is 2. The number of hydrogen-bond acceptors (Lipinski definition) is 7. The Morgan fingerprint density at radius 2 is 2.00 bits per heavy atom. The quantitative estimate of drug-likeness (QED) is 0.615. The van der Waals surface area contributed by atoms with Crippen LogP contribution in [0.3, 0.4) is 0 Å². The van der Waals surface area contributed by atoms with Gasteiger partial charge in [0.2, 0.25) is 12.4 Å². The molecule has 0 aliphatic carbocycles. The Labute approximate surface area is 181 Å². The van der Waals surface area contributed by atoms with E-state index >= 15 is 0 Å². The smallest absolute Gasteiger partial charge is 0.326 e. The second-order valence-electron chi connectivity index (χ2n) is 6.85. The van der Waals surface area contributed by atoms with Gasteiger partial charge in [0, 0.05) is 38.9 Å². The van der Waals surface area contributed by atoms with E-state index in [4.69, 9.17) is 11.6 Å². The normalized spacial score (nSPS) is 13.9. The zero-order valence-electron chi connectivity index (χ0n) is 16.5. The highest BCUT2D eigenvalue weighted by Crippen LogP contribution is 2.25.